The Morgan fingerprint density at radius 2 is 1.90 bits per heavy atom. The van der Waals surface area contributed by atoms with E-state index >= 15 is 0 Å². The molecule has 2 nitrogen and oxygen atoms in total. The summed E-state index contributed by atoms with van der Waals surface area (Å²) >= 11 is 0. The number of ether oxygens (including phenoxy) is 1. The van der Waals surface area contributed by atoms with E-state index in [2.05, 4.69) is 19.2 Å². The zero-order valence-electron chi connectivity index (χ0n) is 13.7. The van der Waals surface area contributed by atoms with Gasteiger partial charge < -0.3 is 10.1 Å². The van der Waals surface area contributed by atoms with E-state index < -0.39 is 0 Å². The summed E-state index contributed by atoms with van der Waals surface area (Å²) in [6.07, 6.45) is 14.1. The predicted molar refractivity (Wildman–Crippen MR) is 86.0 cm³/mol. The Morgan fingerprint density at radius 1 is 1.10 bits per heavy atom. The van der Waals surface area contributed by atoms with Crippen LogP contribution in [-0.2, 0) is 4.74 Å². The molecule has 0 spiro atoms. The van der Waals surface area contributed by atoms with E-state index in [0.29, 0.717) is 6.10 Å². The molecule has 20 heavy (non-hydrogen) atoms. The summed E-state index contributed by atoms with van der Waals surface area (Å²) < 4.78 is 5.91. The summed E-state index contributed by atoms with van der Waals surface area (Å²) in [5.74, 6) is 1.88. The summed E-state index contributed by atoms with van der Waals surface area (Å²) in [4.78, 5) is 0. The van der Waals surface area contributed by atoms with Gasteiger partial charge in [-0.1, -0.05) is 26.7 Å². The van der Waals surface area contributed by atoms with Crippen molar-refractivity contribution in [2.24, 2.45) is 11.8 Å². The molecular formula is C18H35NO. The van der Waals surface area contributed by atoms with Gasteiger partial charge in [0, 0.05) is 12.6 Å². The van der Waals surface area contributed by atoms with E-state index in [1.807, 2.05) is 0 Å². The molecular weight excluding hydrogens is 246 g/mol. The minimum absolute atomic E-state index is 0.553. The van der Waals surface area contributed by atoms with Gasteiger partial charge in [-0.2, -0.15) is 0 Å². The van der Waals surface area contributed by atoms with Crippen molar-refractivity contribution < 1.29 is 4.74 Å². The van der Waals surface area contributed by atoms with Gasteiger partial charge in [0.1, 0.15) is 0 Å². The van der Waals surface area contributed by atoms with Gasteiger partial charge in [0.2, 0.25) is 0 Å². The highest BCUT2D eigenvalue weighted by Crippen LogP contribution is 2.32. The lowest BCUT2D eigenvalue weighted by atomic mass is 9.77. The molecule has 2 atom stereocenters. The molecule has 0 radical (unpaired) electrons. The SMILES string of the molecule is CCCNC(CCC1CCCCO1)C1CCC(C)CC1. The molecule has 1 aliphatic carbocycles. The monoisotopic (exact) mass is 281 g/mol. The zero-order valence-corrected chi connectivity index (χ0v) is 13.7. The van der Waals surface area contributed by atoms with Crippen LogP contribution in [0.2, 0.25) is 0 Å². The molecule has 0 amide bonds. The fraction of sp³-hybridized carbons (Fsp3) is 1.00. The minimum atomic E-state index is 0.553. The maximum atomic E-state index is 5.91. The van der Waals surface area contributed by atoms with Crippen LogP contribution in [0.4, 0.5) is 0 Å². The molecule has 118 valence electrons. The molecule has 1 N–H and O–H groups in total. The van der Waals surface area contributed by atoms with Gasteiger partial charge in [0.05, 0.1) is 6.10 Å². The smallest absolute Gasteiger partial charge is 0.0575 e. The van der Waals surface area contributed by atoms with Crippen molar-refractivity contribution in [2.45, 2.75) is 90.2 Å². The highest BCUT2D eigenvalue weighted by molar-refractivity contribution is 4.82. The number of nitrogens with one attached hydrogen (secondary N) is 1. The van der Waals surface area contributed by atoms with E-state index in [-0.39, 0.29) is 0 Å². The Kier molecular flexibility index (Phi) is 7.37. The average Bonchev–Trinajstić information content (AvgIpc) is 2.50. The minimum Gasteiger partial charge on any atom is -0.378 e. The topological polar surface area (TPSA) is 21.3 Å². The fourth-order valence-electron chi connectivity index (χ4n) is 3.92. The lowest BCUT2D eigenvalue weighted by Gasteiger charge is -2.34. The standard InChI is InChI=1S/C18H35NO/c1-3-13-19-18(16-9-7-15(2)8-10-16)12-11-17-6-4-5-14-20-17/h15-19H,3-14H2,1-2H3. The first-order valence-electron chi connectivity index (χ1n) is 9.14. The van der Waals surface area contributed by atoms with Crippen LogP contribution in [0.15, 0.2) is 0 Å². The number of hydrogen-bond donors (Lipinski definition) is 1. The van der Waals surface area contributed by atoms with Gasteiger partial charge in [-0.05, 0) is 69.7 Å². The Labute approximate surface area is 126 Å². The molecule has 2 unspecified atom stereocenters. The second-order valence-corrected chi connectivity index (χ2v) is 7.15. The van der Waals surface area contributed by atoms with E-state index in [1.54, 1.807) is 0 Å². The lowest BCUT2D eigenvalue weighted by molar-refractivity contribution is 0.00687. The highest BCUT2D eigenvalue weighted by atomic mass is 16.5. The van der Waals surface area contributed by atoms with Crippen LogP contribution >= 0.6 is 0 Å². The van der Waals surface area contributed by atoms with Crippen LogP contribution in [0.5, 0.6) is 0 Å². The molecule has 0 aromatic rings. The van der Waals surface area contributed by atoms with Crippen molar-refractivity contribution in [3.05, 3.63) is 0 Å². The van der Waals surface area contributed by atoms with Gasteiger partial charge in [-0.15, -0.1) is 0 Å². The van der Waals surface area contributed by atoms with Crippen LogP contribution < -0.4 is 5.32 Å². The van der Waals surface area contributed by atoms with Crippen molar-refractivity contribution in [3.8, 4) is 0 Å². The second kappa shape index (κ2) is 9.04. The predicted octanol–water partition coefficient (Wildman–Crippen LogP) is 4.53. The molecule has 2 fully saturated rings. The molecule has 0 aromatic carbocycles. The third kappa shape index (κ3) is 5.37. The summed E-state index contributed by atoms with van der Waals surface area (Å²) in [6.45, 7) is 6.87. The van der Waals surface area contributed by atoms with E-state index in [0.717, 1.165) is 24.5 Å². The van der Waals surface area contributed by atoms with Crippen LogP contribution in [-0.4, -0.2) is 25.3 Å². The molecule has 2 heteroatoms. The van der Waals surface area contributed by atoms with Crippen molar-refractivity contribution in [2.75, 3.05) is 13.2 Å². The molecule has 1 aliphatic heterocycles. The molecule has 2 rings (SSSR count). The number of hydrogen-bond acceptors (Lipinski definition) is 2. The molecule has 1 heterocycles. The summed E-state index contributed by atoms with van der Waals surface area (Å²) in [7, 11) is 0. The quantitative estimate of drug-likeness (QED) is 0.740. The fourth-order valence-corrected chi connectivity index (χ4v) is 3.92. The van der Waals surface area contributed by atoms with Gasteiger partial charge >= 0.3 is 0 Å². The summed E-state index contributed by atoms with van der Waals surface area (Å²) in [6, 6.07) is 0.743. The van der Waals surface area contributed by atoms with E-state index in [9.17, 15) is 0 Å². The van der Waals surface area contributed by atoms with Crippen LogP contribution in [0.25, 0.3) is 0 Å². The van der Waals surface area contributed by atoms with Crippen molar-refractivity contribution in [3.63, 3.8) is 0 Å². The van der Waals surface area contributed by atoms with Crippen molar-refractivity contribution >= 4 is 0 Å². The van der Waals surface area contributed by atoms with Gasteiger partial charge in [0.15, 0.2) is 0 Å². The van der Waals surface area contributed by atoms with Crippen molar-refractivity contribution in [1.82, 2.24) is 5.32 Å². The first-order chi connectivity index (χ1) is 9.79. The lowest BCUT2D eigenvalue weighted by Crippen LogP contribution is -2.39. The maximum Gasteiger partial charge on any atom is 0.0575 e. The van der Waals surface area contributed by atoms with E-state index in [1.165, 1.54) is 70.8 Å². The largest absolute Gasteiger partial charge is 0.378 e. The normalized spacial score (nSPS) is 33.0. The third-order valence-electron chi connectivity index (χ3n) is 5.36. The summed E-state index contributed by atoms with van der Waals surface area (Å²) in [5, 5.41) is 3.84. The molecule has 1 saturated heterocycles. The highest BCUT2D eigenvalue weighted by Gasteiger charge is 2.26. The Morgan fingerprint density at radius 3 is 2.55 bits per heavy atom. The van der Waals surface area contributed by atoms with Crippen molar-refractivity contribution in [1.29, 1.82) is 0 Å². The molecule has 2 aliphatic rings. The zero-order chi connectivity index (χ0) is 14.2. The van der Waals surface area contributed by atoms with Crippen LogP contribution in [0, 0.1) is 11.8 Å². The first kappa shape index (κ1) is 16.3. The van der Waals surface area contributed by atoms with Crippen LogP contribution in [0.3, 0.4) is 0 Å². The Balaban J connectivity index is 1.76. The molecule has 1 saturated carbocycles. The maximum absolute atomic E-state index is 5.91. The first-order valence-corrected chi connectivity index (χ1v) is 9.14. The average molecular weight is 281 g/mol. The molecule has 0 bridgehead atoms. The second-order valence-electron chi connectivity index (χ2n) is 7.15. The molecule has 0 aromatic heterocycles. The van der Waals surface area contributed by atoms with Crippen LogP contribution in [0.1, 0.15) is 78.1 Å². The van der Waals surface area contributed by atoms with E-state index in [4.69, 9.17) is 4.74 Å². The van der Waals surface area contributed by atoms with Gasteiger partial charge in [0.25, 0.3) is 0 Å². The van der Waals surface area contributed by atoms with Gasteiger partial charge in [-0.25, -0.2) is 0 Å². The Hall–Kier alpha value is -0.0800. The Bertz CT molecular complexity index is 242. The van der Waals surface area contributed by atoms with Gasteiger partial charge in [-0.3, -0.25) is 0 Å². The number of rotatable bonds is 7. The third-order valence-corrected chi connectivity index (χ3v) is 5.36. The summed E-state index contributed by atoms with van der Waals surface area (Å²) in [5.41, 5.74) is 0.